The van der Waals surface area contributed by atoms with Gasteiger partial charge in [-0.2, -0.15) is 0 Å². The molecule has 0 radical (unpaired) electrons. The number of hydrogen-bond acceptors (Lipinski definition) is 4. The maximum atomic E-state index is 12.2. The average molecular weight is 303 g/mol. The lowest BCUT2D eigenvalue weighted by molar-refractivity contribution is -0.133. The number of nitrogens with one attached hydrogen (secondary N) is 1. The number of pyridine rings is 1. The van der Waals surface area contributed by atoms with Crippen LogP contribution in [0.15, 0.2) is 42.6 Å². The smallest absolute Gasteiger partial charge is 0.261 e. The third-order valence-corrected chi connectivity index (χ3v) is 3.76. The molecule has 21 heavy (non-hydrogen) atoms. The van der Waals surface area contributed by atoms with Crippen molar-refractivity contribution in [2.24, 2.45) is 0 Å². The van der Waals surface area contributed by atoms with Crippen molar-refractivity contribution in [1.29, 1.82) is 0 Å². The first-order valence-corrected chi connectivity index (χ1v) is 6.67. The van der Waals surface area contributed by atoms with Gasteiger partial charge < -0.3 is 10.4 Å². The van der Waals surface area contributed by atoms with E-state index < -0.39 is 17.3 Å². The SMILES string of the molecule is O=C(C[C@@]1(O)C(=O)Nc2c(Cl)cccc21)c1ccccn1. The van der Waals surface area contributed by atoms with Gasteiger partial charge in [-0.3, -0.25) is 14.6 Å². The molecule has 6 heteroatoms. The summed E-state index contributed by atoms with van der Waals surface area (Å²) in [5, 5.41) is 13.5. The minimum atomic E-state index is -1.92. The number of Topliss-reactive ketones (excluding diaryl/α,β-unsaturated/α-hetero) is 1. The Hall–Kier alpha value is -2.24. The molecule has 1 aliphatic rings. The van der Waals surface area contributed by atoms with Crippen molar-refractivity contribution in [1.82, 2.24) is 4.98 Å². The maximum absolute atomic E-state index is 12.2. The molecule has 0 spiro atoms. The van der Waals surface area contributed by atoms with Crippen LogP contribution in [0.2, 0.25) is 5.02 Å². The van der Waals surface area contributed by atoms with Crippen LogP contribution in [0.1, 0.15) is 22.5 Å². The fourth-order valence-electron chi connectivity index (χ4n) is 2.36. The highest BCUT2D eigenvalue weighted by Gasteiger charge is 2.47. The lowest BCUT2D eigenvalue weighted by Crippen LogP contribution is -2.36. The van der Waals surface area contributed by atoms with Gasteiger partial charge in [-0.1, -0.05) is 29.8 Å². The Morgan fingerprint density at radius 3 is 2.81 bits per heavy atom. The van der Waals surface area contributed by atoms with Gasteiger partial charge in [-0.15, -0.1) is 0 Å². The number of ketones is 1. The van der Waals surface area contributed by atoms with Gasteiger partial charge in [-0.25, -0.2) is 0 Å². The van der Waals surface area contributed by atoms with E-state index in [0.29, 0.717) is 16.3 Å². The molecule has 106 valence electrons. The van der Waals surface area contributed by atoms with Crippen LogP contribution in [0.3, 0.4) is 0 Å². The molecular weight excluding hydrogens is 292 g/mol. The number of aliphatic hydroxyl groups is 1. The summed E-state index contributed by atoms with van der Waals surface area (Å²) < 4.78 is 0. The molecule has 0 bridgehead atoms. The van der Waals surface area contributed by atoms with Crippen LogP contribution in [-0.4, -0.2) is 21.8 Å². The first kappa shape index (κ1) is 13.7. The largest absolute Gasteiger partial charge is 0.375 e. The molecule has 0 aliphatic carbocycles. The Morgan fingerprint density at radius 2 is 2.10 bits per heavy atom. The molecule has 1 aliphatic heterocycles. The van der Waals surface area contributed by atoms with Crippen LogP contribution >= 0.6 is 11.6 Å². The summed E-state index contributed by atoms with van der Waals surface area (Å²) in [6.07, 6.45) is 1.10. The number of anilines is 1. The molecule has 2 N–H and O–H groups in total. The van der Waals surface area contributed by atoms with Gasteiger partial charge in [0.2, 0.25) is 0 Å². The van der Waals surface area contributed by atoms with Gasteiger partial charge in [-0.05, 0) is 18.2 Å². The first-order valence-electron chi connectivity index (χ1n) is 6.29. The molecule has 2 aromatic rings. The van der Waals surface area contributed by atoms with Crippen molar-refractivity contribution in [2.45, 2.75) is 12.0 Å². The number of aromatic nitrogens is 1. The van der Waals surface area contributed by atoms with Crippen LogP contribution in [0.4, 0.5) is 5.69 Å². The predicted molar refractivity (Wildman–Crippen MR) is 77.2 cm³/mol. The second-order valence-corrected chi connectivity index (χ2v) is 5.20. The number of rotatable bonds is 3. The number of para-hydroxylation sites is 1. The molecule has 0 saturated carbocycles. The van der Waals surface area contributed by atoms with E-state index in [0.717, 1.165) is 0 Å². The zero-order chi connectivity index (χ0) is 15.0. The highest BCUT2D eigenvalue weighted by atomic mass is 35.5. The van der Waals surface area contributed by atoms with Gasteiger partial charge in [0.1, 0.15) is 5.69 Å². The number of carbonyl (C=O) groups excluding carboxylic acids is 2. The summed E-state index contributed by atoms with van der Waals surface area (Å²) in [5.74, 6) is -1.07. The van der Waals surface area contributed by atoms with E-state index in [1.165, 1.54) is 12.3 Å². The van der Waals surface area contributed by atoms with E-state index in [9.17, 15) is 14.7 Å². The van der Waals surface area contributed by atoms with Gasteiger partial charge in [0, 0.05) is 11.8 Å². The van der Waals surface area contributed by atoms with Crippen LogP contribution in [0, 0.1) is 0 Å². The molecule has 1 amide bonds. The fraction of sp³-hybridized carbons (Fsp3) is 0.133. The lowest BCUT2D eigenvalue weighted by atomic mass is 9.89. The minimum Gasteiger partial charge on any atom is -0.375 e. The van der Waals surface area contributed by atoms with Gasteiger partial charge in [0.15, 0.2) is 11.4 Å². The summed E-state index contributed by atoms with van der Waals surface area (Å²) in [7, 11) is 0. The Bertz CT molecular complexity index is 733. The molecule has 0 fully saturated rings. The van der Waals surface area contributed by atoms with Crippen molar-refractivity contribution in [2.75, 3.05) is 5.32 Å². The topological polar surface area (TPSA) is 79.3 Å². The monoisotopic (exact) mass is 302 g/mol. The van der Waals surface area contributed by atoms with E-state index in [-0.39, 0.29) is 12.1 Å². The molecule has 2 heterocycles. The Labute approximate surface area is 125 Å². The number of halogens is 1. The fourth-order valence-corrected chi connectivity index (χ4v) is 2.58. The first-order chi connectivity index (χ1) is 10.0. The standard InChI is InChI=1S/C15H11ClN2O3/c16-10-5-3-4-9-13(10)18-14(20)15(9,21)8-12(19)11-6-1-2-7-17-11/h1-7,21H,8H2,(H,18,20)/t15-/m0/s1. The highest BCUT2D eigenvalue weighted by Crippen LogP contribution is 2.42. The zero-order valence-corrected chi connectivity index (χ0v) is 11.6. The summed E-state index contributed by atoms with van der Waals surface area (Å²) in [6, 6.07) is 9.69. The number of benzene rings is 1. The number of carbonyl (C=O) groups is 2. The summed E-state index contributed by atoms with van der Waals surface area (Å²) in [6.45, 7) is 0. The van der Waals surface area contributed by atoms with E-state index in [1.54, 1.807) is 30.3 Å². The minimum absolute atomic E-state index is 0.203. The molecule has 3 rings (SSSR count). The van der Waals surface area contributed by atoms with Crippen LogP contribution in [0.5, 0.6) is 0 Å². The second-order valence-electron chi connectivity index (χ2n) is 4.79. The number of amides is 1. The van der Waals surface area contributed by atoms with Gasteiger partial charge >= 0.3 is 0 Å². The number of fused-ring (bicyclic) bond motifs is 1. The van der Waals surface area contributed by atoms with Crippen molar-refractivity contribution in [3.8, 4) is 0 Å². The Kier molecular flexibility index (Phi) is 3.23. The summed E-state index contributed by atoms with van der Waals surface area (Å²) >= 11 is 5.99. The van der Waals surface area contributed by atoms with Gasteiger partial charge in [0.05, 0.1) is 17.1 Å². The summed E-state index contributed by atoms with van der Waals surface area (Å²) in [5.41, 5.74) is -1.06. The molecule has 0 unspecified atom stereocenters. The summed E-state index contributed by atoms with van der Waals surface area (Å²) in [4.78, 5) is 28.2. The van der Waals surface area contributed by atoms with E-state index >= 15 is 0 Å². The van der Waals surface area contributed by atoms with Crippen molar-refractivity contribution in [3.05, 3.63) is 58.9 Å². The molecule has 1 aromatic carbocycles. The van der Waals surface area contributed by atoms with E-state index in [2.05, 4.69) is 10.3 Å². The van der Waals surface area contributed by atoms with E-state index in [1.807, 2.05) is 0 Å². The van der Waals surface area contributed by atoms with E-state index in [4.69, 9.17) is 11.6 Å². The maximum Gasteiger partial charge on any atom is 0.261 e. The molecule has 5 nitrogen and oxygen atoms in total. The predicted octanol–water partition coefficient (Wildman–Crippen LogP) is 2.15. The normalized spacial score (nSPS) is 20.0. The van der Waals surface area contributed by atoms with Crippen molar-refractivity contribution < 1.29 is 14.7 Å². The third-order valence-electron chi connectivity index (χ3n) is 3.44. The lowest BCUT2D eigenvalue weighted by Gasteiger charge is -2.19. The van der Waals surface area contributed by atoms with Gasteiger partial charge in [0.25, 0.3) is 5.91 Å². The van der Waals surface area contributed by atoms with Crippen LogP contribution in [0.25, 0.3) is 0 Å². The highest BCUT2D eigenvalue weighted by molar-refractivity contribution is 6.34. The second kappa shape index (κ2) is 4.95. The molecule has 0 saturated heterocycles. The Morgan fingerprint density at radius 1 is 1.29 bits per heavy atom. The number of hydrogen-bond donors (Lipinski definition) is 2. The van der Waals surface area contributed by atoms with Crippen molar-refractivity contribution in [3.63, 3.8) is 0 Å². The van der Waals surface area contributed by atoms with Crippen molar-refractivity contribution >= 4 is 29.0 Å². The molecule has 1 atom stereocenters. The molecular formula is C15H11ClN2O3. The average Bonchev–Trinajstić information content (AvgIpc) is 2.74. The number of nitrogens with zero attached hydrogens (tertiary/aromatic N) is 1. The zero-order valence-electron chi connectivity index (χ0n) is 10.8. The quantitative estimate of drug-likeness (QED) is 0.851. The van der Waals surface area contributed by atoms with Crippen LogP contribution < -0.4 is 5.32 Å². The third kappa shape index (κ3) is 2.20. The van der Waals surface area contributed by atoms with Crippen LogP contribution in [-0.2, 0) is 10.4 Å². The molecule has 1 aromatic heterocycles. The Balaban J connectivity index is 1.97.